The Labute approximate surface area is 174 Å². The third-order valence-corrected chi connectivity index (χ3v) is 4.55. The van der Waals surface area contributed by atoms with E-state index < -0.39 is 0 Å². The van der Waals surface area contributed by atoms with E-state index in [2.05, 4.69) is 39.9 Å². The molecular weight excluding hydrogens is 366 g/mol. The molecule has 0 aliphatic rings. The average Bonchev–Trinajstić information content (AvgIpc) is 2.78. The molecule has 0 aliphatic heterocycles. The zero-order chi connectivity index (χ0) is 20.7. The van der Waals surface area contributed by atoms with Gasteiger partial charge in [-0.05, 0) is 37.0 Å². The van der Waals surface area contributed by atoms with E-state index in [0.717, 1.165) is 62.0 Å². The Hall–Kier alpha value is -2.73. The molecule has 2 aromatic carbocycles. The zero-order valence-corrected chi connectivity index (χ0v) is 17.7. The van der Waals surface area contributed by atoms with E-state index in [-0.39, 0.29) is 0 Å². The van der Waals surface area contributed by atoms with Gasteiger partial charge in [-0.1, -0.05) is 30.3 Å². The lowest BCUT2D eigenvalue weighted by Crippen LogP contribution is -2.37. The van der Waals surface area contributed by atoms with Crippen LogP contribution in [0.4, 0.5) is 0 Å². The molecule has 6 heteroatoms. The summed E-state index contributed by atoms with van der Waals surface area (Å²) in [5.74, 6) is 2.34. The lowest BCUT2D eigenvalue weighted by molar-refractivity contribution is 0.133. The minimum absolute atomic E-state index is 0.620. The summed E-state index contributed by atoms with van der Waals surface area (Å²) in [7, 11) is 5.08. The fourth-order valence-electron chi connectivity index (χ4n) is 2.87. The fourth-order valence-corrected chi connectivity index (χ4v) is 2.87. The Morgan fingerprint density at radius 3 is 2.48 bits per heavy atom. The van der Waals surface area contributed by atoms with Gasteiger partial charge in [0.15, 0.2) is 5.96 Å². The van der Waals surface area contributed by atoms with Gasteiger partial charge >= 0.3 is 0 Å². The van der Waals surface area contributed by atoms with E-state index >= 15 is 0 Å². The van der Waals surface area contributed by atoms with Crippen LogP contribution in [0.25, 0.3) is 0 Å². The second kappa shape index (κ2) is 13.4. The number of ether oxygens (including phenoxy) is 3. The number of rotatable bonds is 12. The Kier molecular flexibility index (Phi) is 10.5. The molecule has 0 spiro atoms. The van der Waals surface area contributed by atoms with Gasteiger partial charge < -0.3 is 24.8 Å². The van der Waals surface area contributed by atoms with E-state index in [9.17, 15) is 0 Å². The molecule has 2 aromatic rings. The van der Waals surface area contributed by atoms with Gasteiger partial charge in [0.1, 0.15) is 11.5 Å². The minimum atomic E-state index is 0.620. The number of hydrogen-bond donors (Lipinski definition) is 2. The summed E-state index contributed by atoms with van der Waals surface area (Å²) in [5, 5.41) is 6.65. The van der Waals surface area contributed by atoms with Crippen LogP contribution < -0.4 is 20.1 Å². The Balaban J connectivity index is 1.58. The topological polar surface area (TPSA) is 64.1 Å². The normalized spacial score (nSPS) is 11.2. The van der Waals surface area contributed by atoms with Crippen molar-refractivity contribution < 1.29 is 14.2 Å². The Bertz CT molecular complexity index is 735. The molecule has 29 heavy (non-hydrogen) atoms. The van der Waals surface area contributed by atoms with Crippen molar-refractivity contribution in [1.82, 2.24) is 10.6 Å². The maximum atomic E-state index is 5.72. The van der Waals surface area contributed by atoms with Crippen LogP contribution in [0.2, 0.25) is 0 Å². The van der Waals surface area contributed by atoms with Crippen LogP contribution in [-0.2, 0) is 17.7 Å². The summed E-state index contributed by atoms with van der Waals surface area (Å²) in [6, 6.07) is 16.2. The number of methoxy groups -OCH3 is 2. The van der Waals surface area contributed by atoms with Crippen molar-refractivity contribution in [3.8, 4) is 11.5 Å². The Morgan fingerprint density at radius 1 is 0.931 bits per heavy atom. The van der Waals surface area contributed by atoms with Crippen LogP contribution in [0.5, 0.6) is 11.5 Å². The molecule has 2 rings (SSSR count). The summed E-state index contributed by atoms with van der Waals surface area (Å²) in [6.07, 6.45) is 3.01. The quantitative estimate of drug-likeness (QED) is 0.325. The average molecular weight is 400 g/mol. The van der Waals surface area contributed by atoms with Crippen molar-refractivity contribution >= 4 is 5.96 Å². The van der Waals surface area contributed by atoms with Crippen molar-refractivity contribution in [2.24, 2.45) is 4.99 Å². The molecule has 0 amide bonds. The van der Waals surface area contributed by atoms with E-state index in [1.807, 2.05) is 24.3 Å². The summed E-state index contributed by atoms with van der Waals surface area (Å²) in [4.78, 5) is 4.27. The van der Waals surface area contributed by atoms with Crippen LogP contribution in [0.3, 0.4) is 0 Å². The first-order chi connectivity index (χ1) is 14.3. The maximum absolute atomic E-state index is 5.72. The summed E-state index contributed by atoms with van der Waals surface area (Å²) in [5.41, 5.74) is 2.36. The fraction of sp³-hybridized carbons (Fsp3) is 0.435. The van der Waals surface area contributed by atoms with Gasteiger partial charge in [0, 0.05) is 38.4 Å². The van der Waals surface area contributed by atoms with Gasteiger partial charge in [-0.15, -0.1) is 0 Å². The van der Waals surface area contributed by atoms with Crippen molar-refractivity contribution in [1.29, 1.82) is 0 Å². The SMILES string of the molecule is CN=C(NCCCCOCCc1ccccc1)NCc1ccc(OC)cc1OC. The summed E-state index contributed by atoms with van der Waals surface area (Å²) in [6.45, 7) is 3.02. The van der Waals surface area contributed by atoms with Crippen LogP contribution in [-0.4, -0.2) is 47.0 Å². The van der Waals surface area contributed by atoms with Crippen LogP contribution in [0, 0.1) is 0 Å². The molecule has 0 heterocycles. The molecule has 0 aliphatic carbocycles. The van der Waals surface area contributed by atoms with Crippen molar-refractivity contribution in [3.05, 3.63) is 59.7 Å². The second-order valence-corrected chi connectivity index (χ2v) is 6.59. The predicted octanol–water partition coefficient (Wildman–Crippen LogP) is 3.41. The van der Waals surface area contributed by atoms with E-state index in [1.54, 1.807) is 21.3 Å². The van der Waals surface area contributed by atoms with E-state index in [4.69, 9.17) is 14.2 Å². The first-order valence-electron chi connectivity index (χ1n) is 10.0. The highest BCUT2D eigenvalue weighted by molar-refractivity contribution is 5.79. The number of hydrogen-bond acceptors (Lipinski definition) is 4. The first-order valence-corrected chi connectivity index (χ1v) is 10.0. The second-order valence-electron chi connectivity index (χ2n) is 6.59. The molecule has 158 valence electrons. The van der Waals surface area contributed by atoms with Gasteiger partial charge in [-0.3, -0.25) is 4.99 Å². The van der Waals surface area contributed by atoms with Crippen LogP contribution >= 0.6 is 0 Å². The number of aliphatic imine (C=N–C) groups is 1. The largest absolute Gasteiger partial charge is 0.497 e. The maximum Gasteiger partial charge on any atom is 0.191 e. The van der Waals surface area contributed by atoms with Gasteiger partial charge in [0.05, 0.1) is 20.8 Å². The molecule has 0 saturated heterocycles. The molecule has 2 N–H and O–H groups in total. The van der Waals surface area contributed by atoms with Gasteiger partial charge in [0.2, 0.25) is 0 Å². The monoisotopic (exact) mass is 399 g/mol. The van der Waals surface area contributed by atoms with Crippen LogP contribution in [0.15, 0.2) is 53.5 Å². The molecule has 0 atom stereocenters. The number of nitrogens with one attached hydrogen (secondary N) is 2. The summed E-state index contributed by atoms with van der Waals surface area (Å²) >= 11 is 0. The number of nitrogens with zero attached hydrogens (tertiary/aromatic N) is 1. The molecule has 0 unspecified atom stereocenters. The Morgan fingerprint density at radius 2 is 1.76 bits per heavy atom. The highest BCUT2D eigenvalue weighted by Gasteiger charge is 2.06. The summed E-state index contributed by atoms with van der Waals surface area (Å²) < 4.78 is 16.4. The highest BCUT2D eigenvalue weighted by atomic mass is 16.5. The molecular formula is C23H33N3O3. The lowest BCUT2D eigenvalue weighted by Gasteiger charge is -2.14. The number of guanidine groups is 1. The zero-order valence-electron chi connectivity index (χ0n) is 17.7. The molecule has 0 fully saturated rings. The molecule has 6 nitrogen and oxygen atoms in total. The van der Waals surface area contributed by atoms with E-state index in [1.165, 1.54) is 5.56 Å². The predicted molar refractivity (Wildman–Crippen MR) is 118 cm³/mol. The number of benzene rings is 2. The third kappa shape index (κ3) is 8.44. The third-order valence-electron chi connectivity index (χ3n) is 4.55. The smallest absolute Gasteiger partial charge is 0.191 e. The van der Waals surface area contributed by atoms with Gasteiger partial charge in [-0.25, -0.2) is 0 Å². The van der Waals surface area contributed by atoms with Gasteiger partial charge in [0.25, 0.3) is 0 Å². The first kappa shape index (κ1) is 22.6. The van der Waals surface area contributed by atoms with Crippen molar-refractivity contribution in [3.63, 3.8) is 0 Å². The molecule has 0 bridgehead atoms. The van der Waals surface area contributed by atoms with Crippen molar-refractivity contribution in [2.75, 3.05) is 41.0 Å². The molecule has 0 radical (unpaired) electrons. The molecule has 0 aromatic heterocycles. The number of unbranched alkanes of at least 4 members (excludes halogenated alkanes) is 1. The highest BCUT2D eigenvalue weighted by Crippen LogP contribution is 2.24. The molecule has 0 saturated carbocycles. The van der Waals surface area contributed by atoms with E-state index in [0.29, 0.717) is 6.54 Å². The lowest BCUT2D eigenvalue weighted by atomic mass is 10.2. The van der Waals surface area contributed by atoms with Crippen LogP contribution in [0.1, 0.15) is 24.0 Å². The minimum Gasteiger partial charge on any atom is -0.497 e. The van der Waals surface area contributed by atoms with Crippen molar-refractivity contribution in [2.45, 2.75) is 25.8 Å². The van der Waals surface area contributed by atoms with Gasteiger partial charge in [-0.2, -0.15) is 0 Å². The standard InChI is InChI=1S/C23H33N3O3/c1-24-23(26-18-20-11-12-21(27-2)17-22(20)28-3)25-14-7-8-15-29-16-13-19-9-5-4-6-10-19/h4-6,9-12,17H,7-8,13-16,18H2,1-3H3,(H2,24,25,26).